The molecular weight excluding hydrogens is 194 g/mol. The number of carbonyl (C=O) groups is 1. The molecule has 0 aromatic carbocycles. The first kappa shape index (κ1) is 10.7. The minimum Gasteiger partial charge on any atom is -0.453 e. The van der Waals surface area contributed by atoms with Gasteiger partial charge in [0.25, 0.3) is 0 Å². The third kappa shape index (κ3) is 2.09. The van der Waals surface area contributed by atoms with Gasteiger partial charge in [-0.25, -0.2) is 4.79 Å². The lowest BCUT2D eigenvalue weighted by molar-refractivity contribution is 0.0840. The van der Waals surface area contributed by atoms with Crippen molar-refractivity contribution in [3.8, 4) is 0 Å². The van der Waals surface area contributed by atoms with E-state index in [9.17, 15) is 9.90 Å². The van der Waals surface area contributed by atoms with Gasteiger partial charge in [-0.15, -0.1) is 0 Å². The average Bonchev–Trinajstić information content (AvgIpc) is 2.96. The number of likely N-dealkylation sites (tertiary alicyclic amines) is 1. The van der Waals surface area contributed by atoms with Gasteiger partial charge in [0.05, 0.1) is 7.11 Å². The molecule has 2 aliphatic rings. The number of hydrogen-bond donors (Lipinski definition) is 1. The van der Waals surface area contributed by atoms with Crippen molar-refractivity contribution in [1.29, 1.82) is 0 Å². The summed E-state index contributed by atoms with van der Waals surface area (Å²) in [6.45, 7) is 0.976. The van der Waals surface area contributed by atoms with Crippen molar-refractivity contribution in [3.63, 3.8) is 0 Å². The number of carbonyl (C=O) groups excluding carboxylic acids is 1. The van der Waals surface area contributed by atoms with Gasteiger partial charge in [0.1, 0.15) is 0 Å². The van der Waals surface area contributed by atoms with Gasteiger partial charge in [-0.2, -0.15) is 0 Å². The van der Waals surface area contributed by atoms with Gasteiger partial charge in [-0.3, -0.25) is 0 Å². The molecule has 0 bridgehead atoms. The molecule has 4 heteroatoms. The first-order valence-electron chi connectivity index (χ1n) is 5.73. The van der Waals surface area contributed by atoms with Gasteiger partial charge < -0.3 is 14.7 Å². The van der Waals surface area contributed by atoms with Crippen molar-refractivity contribution >= 4 is 6.09 Å². The molecule has 86 valence electrons. The molecule has 1 aliphatic carbocycles. The van der Waals surface area contributed by atoms with Crippen molar-refractivity contribution in [2.75, 3.05) is 20.3 Å². The van der Waals surface area contributed by atoms with E-state index >= 15 is 0 Å². The maximum atomic E-state index is 11.5. The molecule has 0 aromatic rings. The molecule has 4 nitrogen and oxygen atoms in total. The molecule has 0 radical (unpaired) electrons. The van der Waals surface area contributed by atoms with E-state index in [-0.39, 0.29) is 24.7 Å². The zero-order chi connectivity index (χ0) is 10.8. The van der Waals surface area contributed by atoms with Crippen LogP contribution in [0.25, 0.3) is 0 Å². The van der Waals surface area contributed by atoms with E-state index in [0.717, 1.165) is 19.4 Å². The minimum atomic E-state index is -0.239. The molecule has 0 aromatic heterocycles. The Balaban J connectivity index is 2.02. The van der Waals surface area contributed by atoms with E-state index in [1.54, 1.807) is 4.90 Å². The molecule has 1 aliphatic heterocycles. The monoisotopic (exact) mass is 213 g/mol. The van der Waals surface area contributed by atoms with E-state index in [1.807, 2.05) is 0 Å². The van der Waals surface area contributed by atoms with Crippen LogP contribution in [0.4, 0.5) is 4.79 Å². The fraction of sp³-hybridized carbons (Fsp3) is 0.909. The number of methoxy groups -OCH3 is 1. The highest BCUT2D eigenvalue weighted by Gasteiger charge is 2.42. The summed E-state index contributed by atoms with van der Waals surface area (Å²) in [7, 11) is 1.42. The van der Waals surface area contributed by atoms with Crippen molar-refractivity contribution in [2.45, 2.75) is 31.7 Å². The molecule has 1 N–H and O–H groups in total. The number of ether oxygens (including phenoxy) is 1. The second-order valence-electron chi connectivity index (χ2n) is 4.56. The Hall–Kier alpha value is -0.770. The first-order chi connectivity index (χ1) is 7.27. The van der Waals surface area contributed by atoms with Gasteiger partial charge in [0, 0.05) is 25.1 Å². The van der Waals surface area contributed by atoms with Crippen LogP contribution < -0.4 is 0 Å². The SMILES string of the molecule is COC(=O)N1CCCC1C(CO)C1CC1. The van der Waals surface area contributed by atoms with Crippen LogP contribution in [0.2, 0.25) is 0 Å². The van der Waals surface area contributed by atoms with E-state index < -0.39 is 0 Å². The molecular formula is C11H19NO3. The van der Waals surface area contributed by atoms with E-state index in [4.69, 9.17) is 4.74 Å². The molecule has 2 rings (SSSR count). The average molecular weight is 213 g/mol. The topological polar surface area (TPSA) is 49.8 Å². The summed E-state index contributed by atoms with van der Waals surface area (Å²) < 4.78 is 4.76. The lowest BCUT2D eigenvalue weighted by Gasteiger charge is -2.29. The highest BCUT2D eigenvalue weighted by atomic mass is 16.5. The third-order valence-electron chi connectivity index (χ3n) is 3.64. The summed E-state index contributed by atoms with van der Waals surface area (Å²) in [5, 5.41) is 9.39. The Morgan fingerprint density at radius 3 is 2.80 bits per heavy atom. The standard InChI is InChI=1S/C11H19NO3/c1-15-11(14)12-6-2-3-10(12)9(7-13)8-4-5-8/h8-10,13H,2-7H2,1H3. The smallest absolute Gasteiger partial charge is 0.409 e. The Morgan fingerprint density at radius 2 is 2.27 bits per heavy atom. The molecule has 0 spiro atoms. The quantitative estimate of drug-likeness (QED) is 0.767. The Labute approximate surface area is 90.2 Å². The number of hydrogen-bond acceptors (Lipinski definition) is 3. The zero-order valence-corrected chi connectivity index (χ0v) is 9.19. The van der Waals surface area contributed by atoms with Crippen LogP contribution in [0.3, 0.4) is 0 Å². The third-order valence-corrected chi connectivity index (χ3v) is 3.64. The minimum absolute atomic E-state index is 0.197. The molecule has 2 unspecified atom stereocenters. The van der Waals surface area contributed by atoms with Crippen LogP contribution in [-0.4, -0.2) is 42.4 Å². The van der Waals surface area contributed by atoms with E-state index in [0.29, 0.717) is 5.92 Å². The van der Waals surface area contributed by atoms with Gasteiger partial charge in [-0.05, 0) is 31.6 Å². The van der Waals surface area contributed by atoms with E-state index in [1.165, 1.54) is 20.0 Å². The number of aliphatic hydroxyl groups is 1. The van der Waals surface area contributed by atoms with Gasteiger partial charge in [-0.1, -0.05) is 0 Å². The predicted molar refractivity (Wildman–Crippen MR) is 55.4 cm³/mol. The summed E-state index contributed by atoms with van der Waals surface area (Å²) in [5.74, 6) is 0.900. The first-order valence-corrected chi connectivity index (χ1v) is 5.73. The van der Waals surface area contributed by atoms with Crippen LogP contribution in [0.5, 0.6) is 0 Å². The zero-order valence-electron chi connectivity index (χ0n) is 9.19. The fourth-order valence-corrected chi connectivity index (χ4v) is 2.69. The largest absolute Gasteiger partial charge is 0.453 e. The molecule has 1 heterocycles. The van der Waals surface area contributed by atoms with Crippen molar-refractivity contribution in [3.05, 3.63) is 0 Å². The van der Waals surface area contributed by atoms with Gasteiger partial charge in [0.15, 0.2) is 0 Å². The van der Waals surface area contributed by atoms with Crippen molar-refractivity contribution < 1.29 is 14.6 Å². The highest BCUT2D eigenvalue weighted by molar-refractivity contribution is 5.68. The fourth-order valence-electron chi connectivity index (χ4n) is 2.69. The number of aliphatic hydroxyl groups excluding tert-OH is 1. The lowest BCUT2D eigenvalue weighted by Crippen LogP contribution is -2.42. The number of nitrogens with zero attached hydrogens (tertiary/aromatic N) is 1. The van der Waals surface area contributed by atoms with Gasteiger partial charge in [0.2, 0.25) is 0 Å². The molecule has 2 atom stereocenters. The van der Waals surface area contributed by atoms with Crippen molar-refractivity contribution in [1.82, 2.24) is 4.90 Å². The predicted octanol–water partition coefficient (Wildman–Crippen LogP) is 1.24. The molecule has 1 saturated carbocycles. The highest BCUT2D eigenvalue weighted by Crippen LogP contribution is 2.42. The Morgan fingerprint density at radius 1 is 1.53 bits per heavy atom. The molecule has 15 heavy (non-hydrogen) atoms. The maximum absolute atomic E-state index is 11.5. The van der Waals surface area contributed by atoms with Crippen LogP contribution >= 0.6 is 0 Å². The number of amides is 1. The lowest BCUT2D eigenvalue weighted by atomic mass is 9.93. The molecule has 2 fully saturated rings. The Bertz CT molecular complexity index is 240. The van der Waals surface area contributed by atoms with Crippen LogP contribution in [-0.2, 0) is 4.74 Å². The Kier molecular flexibility index (Phi) is 3.14. The van der Waals surface area contributed by atoms with Crippen LogP contribution in [0.15, 0.2) is 0 Å². The van der Waals surface area contributed by atoms with Crippen LogP contribution in [0, 0.1) is 11.8 Å². The normalized spacial score (nSPS) is 27.9. The number of rotatable bonds is 3. The summed E-state index contributed by atoms with van der Waals surface area (Å²) in [5.41, 5.74) is 0. The molecule has 1 amide bonds. The second-order valence-corrected chi connectivity index (χ2v) is 4.56. The van der Waals surface area contributed by atoms with Crippen molar-refractivity contribution in [2.24, 2.45) is 11.8 Å². The summed E-state index contributed by atoms with van der Waals surface area (Å²) in [4.78, 5) is 13.3. The van der Waals surface area contributed by atoms with Gasteiger partial charge >= 0.3 is 6.09 Å². The van der Waals surface area contributed by atoms with Crippen LogP contribution in [0.1, 0.15) is 25.7 Å². The molecule has 1 saturated heterocycles. The second kappa shape index (κ2) is 4.39. The summed E-state index contributed by atoms with van der Waals surface area (Å²) >= 11 is 0. The summed E-state index contributed by atoms with van der Waals surface area (Å²) in [6, 6.07) is 0.204. The maximum Gasteiger partial charge on any atom is 0.409 e. The summed E-state index contributed by atoms with van der Waals surface area (Å²) in [6.07, 6.45) is 4.21. The van der Waals surface area contributed by atoms with E-state index in [2.05, 4.69) is 0 Å².